The molecule has 0 spiro atoms. The Morgan fingerprint density at radius 2 is 0.897 bits per heavy atom. The topological polar surface area (TPSA) is 36.9 Å². The molecule has 2 aliphatic heterocycles. The second kappa shape index (κ2) is 12.7. The van der Waals surface area contributed by atoms with Crippen LogP contribution in [0.15, 0.2) is 0 Å². The van der Waals surface area contributed by atoms with E-state index in [0.29, 0.717) is 21.3 Å². The molecular formula is C19H26F16O4. The molecule has 238 valence electrons. The van der Waals surface area contributed by atoms with E-state index in [1.165, 1.54) is 0 Å². The van der Waals surface area contributed by atoms with E-state index in [4.69, 9.17) is 0 Å². The molecule has 39 heavy (non-hydrogen) atoms. The molecule has 4 nitrogen and oxygen atoms in total. The van der Waals surface area contributed by atoms with Crippen LogP contribution in [0.1, 0.15) is 27.7 Å². The average molecular weight is 622 g/mol. The van der Waals surface area contributed by atoms with Crippen LogP contribution in [0.25, 0.3) is 0 Å². The molecule has 0 aromatic rings. The van der Waals surface area contributed by atoms with Crippen molar-refractivity contribution in [3.8, 4) is 0 Å². The van der Waals surface area contributed by atoms with Gasteiger partial charge in [-0.15, -0.1) is 0 Å². The van der Waals surface area contributed by atoms with Crippen LogP contribution in [-0.4, -0.2) is 93.8 Å². The first kappa shape index (κ1) is 39.9. The summed E-state index contributed by atoms with van der Waals surface area (Å²) in [4.78, 5) is 0. The molecule has 0 bridgehead atoms. The van der Waals surface area contributed by atoms with Crippen molar-refractivity contribution in [1.82, 2.24) is 0 Å². The third-order valence-electron chi connectivity index (χ3n) is 5.30. The maximum Gasteiger partial charge on any atom is 0.450 e. The van der Waals surface area contributed by atoms with Crippen LogP contribution in [0.5, 0.6) is 0 Å². The van der Waals surface area contributed by atoms with Gasteiger partial charge in [-0.3, -0.25) is 13.5 Å². The van der Waals surface area contributed by atoms with Crippen LogP contribution in [0.2, 0.25) is 0 Å². The summed E-state index contributed by atoms with van der Waals surface area (Å²) in [6.45, 7) is -5.61. The van der Waals surface area contributed by atoms with Gasteiger partial charge in [-0.1, -0.05) is 0 Å². The van der Waals surface area contributed by atoms with Crippen molar-refractivity contribution in [1.29, 1.82) is 0 Å². The van der Waals surface area contributed by atoms with Crippen molar-refractivity contribution in [2.75, 3.05) is 40.9 Å². The highest BCUT2D eigenvalue weighted by molar-refractivity contribution is 5.03. The van der Waals surface area contributed by atoms with Gasteiger partial charge in [0, 0.05) is 0 Å². The van der Waals surface area contributed by atoms with Gasteiger partial charge in [0.1, 0.15) is 26.6 Å². The molecule has 0 amide bonds. The summed E-state index contributed by atoms with van der Waals surface area (Å²) in [5, 5.41) is 0. The van der Waals surface area contributed by atoms with Crippen LogP contribution in [-0.2, 0) is 18.9 Å². The number of ether oxygens (including phenoxy) is 4. The smallest absolute Gasteiger partial charge is 0.341 e. The Kier molecular flexibility index (Phi) is 13.0. The predicted molar refractivity (Wildman–Crippen MR) is 101 cm³/mol. The van der Waals surface area contributed by atoms with Gasteiger partial charge >= 0.3 is 30.0 Å². The lowest BCUT2D eigenvalue weighted by molar-refractivity contribution is -0.381. The first-order valence-electron chi connectivity index (χ1n) is 10.0. The molecule has 0 N–H and O–H groups in total. The van der Waals surface area contributed by atoms with Gasteiger partial charge in [0.25, 0.3) is 0 Å². The highest BCUT2D eigenvalue weighted by Gasteiger charge is 2.75. The van der Waals surface area contributed by atoms with Crippen molar-refractivity contribution in [2.24, 2.45) is 0 Å². The van der Waals surface area contributed by atoms with E-state index in [1.807, 2.05) is 0 Å². The number of hydrogen-bond acceptors (Lipinski definition) is 4. The SMILES string of the molecule is CC(F)(CF)C(F)(F)C1(C)OCC(F)(C(F)(F)F)O1.CC(F)(CF)C1(C)OCC(F)(C(F)(F)F)O1.CF.CF. The number of rotatable bonds is 5. The lowest BCUT2D eigenvalue weighted by Crippen LogP contribution is -2.60. The van der Waals surface area contributed by atoms with Crippen LogP contribution in [0, 0.1) is 0 Å². The first-order chi connectivity index (χ1) is 17.2. The van der Waals surface area contributed by atoms with Gasteiger partial charge in [0.15, 0.2) is 5.67 Å². The van der Waals surface area contributed by atoms with E-state index in [1.54, 1.807) is 0 Å². The Labute approximate surface area is 211 Å². The highest BCUT2D eigenvalue weighted by atomic mass is 19.4. The second-order valence-corrected chi connectivity index (χ2v) is 8.36. The molecule has 0 saturated carbocycles. The third-order valence-corrected chi connectivity index (χ3v) is 5.30. The van der Waals surface area contributed by atoms with E-state index in [-0.39, 0.29) is 13.8 Å². The van der Waals surface area contributed by atoms with Crippen molar-refractivity contribution >= 4 is 0 Å². The molecule has 0 radical (unpaired) electrons. The molecule has 6 atom stereocenters. The quantitative estimate of drug-likeness (QED) is 0.305. The average Bonchev–Trinajstić information content (AvgIpc) is 3.35. The maximum absolute atomic E-state index is 13.6. The predicted octanol–water partition coefficient (Wildman–Crippen LogP) is 7.16. The third kappa shape index (κ3) is 7.72. The minimum Gasteiger partial charge on any atom is -0.341 e. The van der Waals surface area contributed by atoms with E-state index >= 15 is 0 Å². The minimum atomic E-state index is -5.65. The fourth-order valence-electron chi connectivity index (χ4n) is 2.57. The van der Waals surface area contributed by atoms with Gasteiger partial charge in [-0.2, -0.15) is 43.9 Å². The number of hydrogen-bond donors (Lipinski definition) is 0. The van der Waals surface area contributed by atoms with Gasteiger partial charge in [0.05, 0.1) is 14.4 Å². The summed E-state index contributed by atoms with van der Waals surface area (Å²) in [7, 11) is 1.00. The molecular weight excluding hydrogens is 596 g/mol. The molecule has 0 aromatic heterocycles. The van der Waals surface area contributed by atoms with E-state index < -0.39 is 79.5 Å². The summed E-state index contributed by atoms with van der Waals surface area (Å²) < 4.78 is 213. The maximum atomic E-state index is 13.6. The molecule has 2 rings (SSSR count). The molecule has 2 heterocycles. The summed E-state index contributed by atoms with van der Waals surface area (Å²) in [5.74, 6) is -19.6. The van der Waals surface area contributed by atoms with Crippen LogP contribution in [0.4, 0.5) is 70.2 Å². The zero-order valence-electron chi connectivity index (χ0n) is 21.0. The Morgan fingerprint density at radius 3 is 1.15 bits per heavy atom. The molecule has 2 saturated heterocycles. The Hall–Kier alpha value is -1.28. The van der Waals surface area contributed by atoms with E-state index in [9.17, 15) is 70.2 Å². The van der Waals surface area contributed by atoms with Crippen LogP contribution in [0.3, 0.4) is 0 Å². The number of alkyl halides is 16. The molecule has 0 aliphatic carbocycles. The van der Waals surface area contributed by atoms with Crippen molar-refractivity contribution in [3.63, 3.8) is 0 Å². The van der Waals surface area contributed by atoms with Gasteiger partial charge in [-0.05, 0) is 27.7 Å². The Morgan fingerprint density at radius 1 is 0.590 bits per heavy atom. The van der Waals surface area contributed by atoms with Crippen molar-refractivity contribution in [3.05, 3.63) is 0 Å². The van der Waals surface area contributed by atoms with Crippen LogP contribution < -0.4 is 0 Å². The monoisotopic (exact) mass is 622 g/mol. The Balaban J connectivity index is 0. The summed E-state index contributed by atoms with van der Waals surface area (Å²) in [6, 6.07) is 0. The lowest BCUT2D eigenvalue weighted by Gasteiger charge is -2.38. The molecule has 6 unspecified atom stereocenters. The Bertz CT molecular complexity index is 761. The highest BCUT2D eigenvalue weighted by Crippen LogP contribution is 2.53. The standard InChI is InChI=1S/C9H10F8O2.C8H10F6O2.2CH3F/c1-5(11,3-10)8(13,14)6(2)18-4-7(12,19-6)9(15,16)17;1-5(10,3-9)6(2)15-4-7(11,16-6)8(12,13)14;2*1-2/h3-4H2,1-2H3;3-4H2,1-2H3;2*1H3. The number of halogens is 16. The van der Waals surface area contributed by atoms with Gasteiger partial charge < -0.3 is 14.2 Å². The zero-order chi connectivity index (χ0) is 32.2. The first-order valence-corrected chi connectivity index (χ1v) is 10.0. The van der Waals surface area contributed by atoms with E-state index in [2.05, 4.69) is 18.9 Å². The summed E-state index contributed by atoms with van der Waals surface area (Å²) in [6.07, 6.45) is -11.0. The van der Waals surface area contributed by atoms with Gasteiger partial charge in [0.2, 0.25) is 17.2 Å². The summed E-state index contributed by atoms with van der Waals surface area (Å²) >= 11 is 0. The fourth-order valence-corrected chi connectivity index (χ4v) is 2.57. The molecule has 0 aromatic carbocycles. The van der Waals surface area contributed by atoms with Gasteiger partial charge in [-0.25, -0.2) is 17.6 Å². The lowest BCUT2D eigenvalue weighted by atomic mass is 9.94. The second-order valence-electron chi connectivity index (χ2n) is 8.36. The zero-order valence-corrected chi connectivity index (χ0v) is 21.0. The normalized spacial score (nSPS) is 34.3. The minimum absolute atomic E-state index is 0.108. The molecule has 2 fully saturated rings. The molecule has 2 aliphatic rings. The molecule has 20 heteroatoms. The van der Waals surface area contributed by atoms with Crippen molar-refractivity contribution < 1.29 is 89.2 Å². The fraction of sp³-hybridized carbons (Fsp3) is 1.00. The summed E-state index contributed by atoms with van der Waals surface area (Å²) in [5.41, 5.74) is -6.75. The van der Waals surface area contributed by atoms with Crippen molar-refractivity contribution in [2.45, 2.75) is 80.6 Å². The largest absolute Gasteiger partial charge is 0.450 e. The van der Waals surface area contributed by atoms with Crippen LogP contribution >= 0.6 is 0 Å². The van der Waals surface area contributed by atoms with E-state index in [0.717, 1.165) is 6.92 Å².